The molecule has 0 aliphatic heterocycles. The highest BCUT2D eigenvalue weighted by Crippen LogP contribution is 2.35. The Hall–Kier alpha value is -2.05. The zero-order chi connectivity index (χ0) is 18.4. The van der Waals surface area contributed by atoms with Gasteiger partial charge in [-0.25, -0.2) is 9.48 Å². The first-order valence-electron chi connectivity index (χ1n) is 8.58. The fourth-order valence-corrected chi connectivity index (χ4v) is 4.18. The summed E-state index contributed by atoms with van der Waals surface area (Å²) >= 11 is 11.8. The number of rotatable bonds is 2. The molecule has 0 spiro atoms. The first-order chi connectivity index (χ1) is 12.5. The van der Waals surface area contributed by atoms with E-state index < -0.39 is 0 Å². The van der Waals surface area contributed by atoms with Crippen molar-refractivity contribution >= 4 is 34.2 Å². The van der Waals surface area contributed by atoms with E-state index in [1.54, 1.807) is 11.6 Å². The summed E-state index contributed by atoms with van der Waals surface area (Å²) < 4.78 is 5.00. The van der Waals surface area contributed by atoms with Gasteiger partial charge < -0.3 is 0 Å². The quantitative estimate of drug-likeness (QED) is 0.669. The topological polar surface area (TPSA) is 61.8 Å². The molecule has 1 aliphatic rings. The van der Waals surface area contributed by atoms with Gasteiger partial charge in [-0.3, -0.25) is 13.9 Å². The maximum absolute atomic E-state index is 12.7. The van der Waals surface area contributed by atoms with Gasteiger partial charge in [0.05, 0.1) is 28.3 Å². The number of hydrogen-bond donors (Lipinski definition) is 0. The van der Waals surface area contributed by atoms with Gasteiger partial charge in [-0.2, -0.15) is 5.10 Å². The third-order valence-corrected chi connectivity index (χ3v) is 6.02. The zero-order valence-electron chi connectivity index (χ0n) is 14.2. The number of benzene rings is 1. The summed E-state index contributed by atoms with van der Waals surface area (Å²) in [6.45, 7) is 0. The minimum Gasteiger partial charge on any atom is -0.295 e. The average Bonchev–Trinajstić information content (AvgIpc) is 2.91. The number of imidazole rings is 1. The van der Waals surface area contributed by atoms with E-state index in [0.717, 1.165) is 36.7 Å². The molecule has 0 atom stereocenters. The van der Waals surface area contributed by atoms with Crippen LogP contribution in [0.25, 0.3) is 11.0 Å². The zero-order valence-corrected chi connectivity index (χ0v) is 15.7. The van der Waals surface area contributed by atoms with Crippen LogP contribution in [-0.4, -0.2) is 18.9 Å². The first kappa shape index (κ1) is 17.4. The molecule has 1 saturated carbocycles. The minimum absolute atomic E-state index is 0.000482. The molecule has 0 saturated heterocycles. The van der Waals surface area contributed by atoms with E-state index in [9.17, 15) is 9.59 Å². The molecular weight excluding hydrogens is 375 g/mol. The Bertz CT molecular complexity index is 1090. The Morgan fingerprint density at radius 2 is 1.62 bits per heavy atom. The second-order valence-corrected chi connectivity index (χ2v) is 7.50. The molecule has 3 aromatic rings. The van der Waals surface area contributed by atoms with Crippen molar-refractivity contribution in [1.82, 2.24) is 18.9 Å². The summed E-state index contributed by atoms with van der Waals surface area (Å²) in [6.07, 6.45) is 4.52. The molecule has 0 N–H and O–H groups in total. The second-order valence-electron chi connectivity index (χ2n) is 6.72. The summed E-state index contributed by atoms with van der Waals surface area (Å²) in [4.78, 5) is 25.0. The number of aromatic nitrogens is 4. The van der Waals surface area contributed by atoms with Crippen molar-refractivity contribution in [2.24, 2.45) is 7.05 Å². The molecule has 2 aromatic heterocycles. The molecule has 0 amide bonds. The van der Waals surface area contributed by atoms with E-state index in [2.05, 4.69) is 5.10 Å². The first-order valence-corrected chi connectivity index (χ1v) is 9.33. The van der Waals surface area contributed by atoms with Crippen LogP contribution in [0, 0.1) is 0 Å². The monoisotopic (exact) mass is 392 g/mol. The smallest absolute Gasteiger partial charge is 0.295 e. The van der Waals surface area contributed by atoms with Crippen LogP contribution in [0.1, 0.15) is 37.8 Å². The molecule has 1 aromatic carbocycles. The van der Waals surface area contributed by atoms with Crippen LogP contribution in [0.15, 0.2) is 40.1 Å². The van der Waals surface area contributed by atoms with E-state index in [-0.39, 0.29) is 33.4 Å². The highest BCUT2D eigenvalue weighted by Gasteiger charge is 2.28. The lowest BCUT2D eigenvalue weighted by molar-refractivity contribution is 0.254. The van der Waals surface area contributed by atoms with Crippen molar-refractivity contribution in [3.63, 3.8) is 0 Å². The molecule has 2 heterocycles. The molecule has 4 rings (SSSR count). The van der Waals surface area contributed by atoms with Crippen molar-refractivity contribution in [1.29, 1.82) is 0 Å². The maximum Gasteiger partial charge on any atom is 0.329 e. The Kier molecular flexibility index (Phi) is 4.40. The number of fused-ring (bicyclic) bond motifs is 1. The van der Waals surface area contributed by atoms with E-state index in [0.29, 0.717) is 0 Å². The molecule has 0 bridgehead atoms. The van der Waals surface area contributed by atoms with Crippen LogP contribution < -0.4 is 11.2 Å². The van der Waals surface area contributed by atoms with Crippen molar-refractivity contribution in [2.75, 3.05) is 0 Å². The van der Waals surface area contributed by atoms with Gasteiger partial charge in [0.2, 0.25) is 0 Å². The van der Waals surface area contributed by atoms with E-state index >= 15 is 0 Å². The lowest BCUT2D eigenvalue weighted by Gasteiger charge is -2.29. The summed E-state index contributed by atoms with van der Waals surface area (Å²) in [5.41, 5.74) is 1.53. The average molecular weight is 393 g/mol. The van der Waals surface area contributed by atoms with Gasteiger partial charge in [-0.1, -0.05) is 35.3 Å². The normalized spacial score (nSPS) is 20.6. The summed E-state index contributed by atoms with van der Waals surface area (Å²) in [5.74, 6) is 0. The predicted octanol–water partition coefficient (Wildman–Crippen LogP) is 3.56. The van der Waals surface area contributed by atoms with Crippen LogP contribution in [0.4, 0.5) is 0 Å². The van der Waals surface area contributed by atoms with Gasteiger partial charge in [0, 0.05) is 13.1 Å². The third kappa shape index (κ3) is 2.68. The Balaban J connectivity index is 1.62. The van der Waals surface area contributed by atoms with Crippen LogP contribution in [-0.2, 0) is 7.05 Å². The van der Waals surface area contributed by atoms with Crippen LogP contribution in [0.3, 0.4) is 0 Å². The van der Waals surface area contributed by atoms with E-state index in [4.69, 9.17) is 23.2 Å². The van der Waals surface area contributed by atoms with E-state index in [1.807, 2.05) is 28.8 Å². The molecule has 26 heavy (non-hydrogen) atoms. The highest BCUT2D eigenvalue weighted by atomic mass is 35.5. The fraction of sp³-hybridized carbons (Fsp3) is 0.389. The maximum atomic E-state index is 12.7. The van der Waals surface area contributed by atoms with Crippen molar-refractivity contribution in [3.05, 3.63) is 61.3 Å². The highest BCUT2D eigenvalue weighted by molar-refractivity contribution is 6.41. The van der Waals surface area contributed by atoms with Gasteiger partial charge in [-0.15, -0.1) is 0 Å². The molecule has 0 unspecified atom stereocenters. The Morgan fingerprint density at radius 3 is 2.31 bits per heavy atom. The molecule has 136 valence electrons. The summed E-state index contributed by atoms with van der Waals surface area (Å²) in [5, 5.41) is 4.33. The fourth-order valence-electron chi connectivity index (χ4n) is 3.92. The molecule has 1 aliphatic carbocycles. The third-order valence-electron chi connectivity index (χ3n) is 5.27. The number of halogens is 2. The van der Waals surface area contributed by atoms with Gasteiger partial charge in [-0.05, 0) is 37.8 Å². The summed E-state index contributed by atoms with van der Waals surface area (Å²) in [6, 6.07) is 7.91. The van der Waals surface area contributed by atoms with Crippen LogP contribution in [0.5, 0.6) is 0 Å². The van der Waals surface area contributed by atoms with E-state index in [1.165, 1.54) is 10.9 Å². The predicted molar refractivity (Wildman–Crippen MR) is 102 cm³/mol. The molecular formula is C18H18Cl2N4O2. The second kappa shape index (κ2) is 6.59. The van der Waals surface area contributed by atoms with Crippen LogP contribution in [0.2, 0.25) is 10.0 Å². The molecule has 1 fully saturated rings. The molecule has 8 heteroatoms. The van der Waals surface area contributed by atoms with Crippen molar-refractivity contribution in [3.8, 4) is 0 Å². The Morgan fingerprint density at radius 1 is 1.00 bits per heavy atom. The summed E-state index contributed by atoms with van der Waals surface area (Å²) in [7, 11) is 1.80. The standard InChI is InChI=1S/C18H18Cl2N4O2/c1-22-14-4-2-3-5-15(14)23(18(22)26)11-6-8-12(9-7-11)24-17(25)16(20)13(19)10-21-24/h2-5,10-12H,6-9H2,1H3/t11-,12+. The number of aryl methyl sites for hydroxylation is 1. The van der Waals surface area contributed by atoms with Crippen molar-refractivity contribution in [2.45, 2.75) is 37.8 Å². The van der Waals surface area contributed by atoms with Gasteiger partial charge in [0.15, 0.2) is 0 Å². The number of para-hydroxylation sites is 2. The lowest BCUT2D eigenvalue weighted by atomic mass is 9.91. The lowest BCUT2D eigenvalue weighted by Crippen LogP contribution is -2.33. The molecule has 0 radical (unpaired) electrons. The largest absolute Gasteiger partial charge is 0.329 e. The minimum atomic E-state index is -0.357. The van der Waals surface area contributed by atoms with Crippen LogP contribution >= 0.6 is 23.2 Å². The Labute approximate surface area is 159 Å². The SMILES string of the molecule is Cn1c(=O)n([C@H]2CC[C@@H](n3ncc(Cl)c(Cl)c3=O)CC2)c2ccccc21. The number of nitrogens with zero attached hydrogens (tertiary/aromatic N) is 4. The molecule has 6 nitrogen and oxygen atoms in total. The number of hydrogen-bond acceptors (Lipinski definition) is 3. The van der Waals surface area contributed by atoms with Crippen molar-refractivity contribution < 1.29 is 0 Å². The van der Waals surface area contributed by atoms with Gasteiger partial charge in [0.1, 0.15) is 5.02 Å². The van der Waals surface area contributed by atoms with Gasteiger partial charge in [0.25, 0.3) is 5.56 Å². The van der Waals surface area contributed by atoms with Gasteiger partial charge >= 0.3 is 5.69 Å².